The fourth-order valence-electron chi connectivity index (χ4n) is 3.11. The van der Waals surface area contributed by atoms with E-state index >= 15 is 0 Å². The van der Waals surface area contributed by atoms with Crippen LogP contribution in [0.1, 0.15) is 11.1 Å². The SMILES string of the molecule is COc1ccc([N+](=O)[O-])cc1NC(=O)/C(C#N)=C/c1cc(Cl)c(OCc2ccc(F)cc2)c(OC)c1. The summed E-state index contributed by atoms with van der Waals surface area (Å²) in [6, 6.07) is 14.2. The van der Waals surface area contributed by atoms with Gasteiger partial charge in [0.05, 0.1) is 29.9 Å². The number of nitro benzene ring substituents is 1. The minimum absolute atomic E-state index is 0.0259. The third kappa shape index (κ3) is 6.28. The Morgan fingerprint density at radius 2 is 1.83 bits per heavy atom. The molecule has 0 aromatic heterocycles. The number of halogens is 2. The van der Waals surface area contributed by atoms with E-state index in [1.165, 1.54) is 56.7 Å². The molecule has 1 amide bonds. The Balaban J connectivity index is 1.85. The molecule has 0 aliphatic heterocycles. The summed E-state index contributed by atoms with van der Waals surface area (Å²) in [5.74, 6) is -0.535. The molecule has 0 spiro atoms. The Morgan fingerprint density at radius 3 is 2.44 bits per heavy atom. The van der Waals surface area contributed by atoms with Crippen LogP contribution < -0.4 is 19.5 Å². The minimum Gasteiger partial charge on any atom is -0.495 e. The Morgan fingerprint density at radius 1 is 1.14 bits per heavy atom. The summed E-state index contributed by atoms with van der Waals surface area (Å²) in [4.78, 5) is 23.2. The van der Waals surface area contributed by atoms with Gasteiger partial charge in [-0.3, -0.25) is 14.9 Å². The van der Waals surface area contributed by atoms with Gasteiger partial charge < -0.3 is 19.5 Å². The molecule has 0 heterocycles. The molecule has 0 aliphatic rings. The van der Waals surface area contributed by atoms with E-state index in [-0.39, 0.29) is 51.6 Å². The van der Waals surface area contributed by atoms with Crippen molar-refractivity contribution in [3.63, 3.8) is 0 Å². The number of rotatable bonds is 9. The van der Waals surface area contributed by atoms with Crippen LogP contribution in [-0.4, -0.2) is 25.1 Å². The maximum Gasteiger partial charge on any atom is 0.271 e. The van der Waals surface area contributed by atoms with Crippen LogP contribution in [0.5, 0.6) is 17.2 Å². The number of carbonyl (C=O) groups is 1. The molecule has 0 fully saturated rings. The number of carbonyl (C=O) groups excluding carboxylic acids is 1. The molecule has 0 aliphatic carbocycles. The second-order valence-electron chi connectivity index (χ2n) is 7.21. The molecule has 3 rings (SSSR count). The molecule has 11 heteroatoms. The van der Waals surface area contributed by atoms with E-state index < -0.39 is 10.8 Å². The Bertz CT molecular complexity index is 1370. The predicted molar refractivity (Wildman–Crippen MR) is 131 cm³/mol. The molecule has 0 atom stereocenters. The number of amides is 1. The van der Waals surface area contributed by atoms with E-state index in [4.69, 9.17) is 25.8 Å². The molecule has 0 radical (unpaired) electrons. The molecule has 3 aromatic carbocycles. The van der Waals surface area contributed by atoms with Crippen LogP contribution in [-0.2, 0) is 11.4 Å². The van der Waals surface area contributed by atoms with Gasteiger partial charge in [0.1, 0.15) is 29.8 Å². The highest BCUT2D eigenvalue weighted by molar-refractivity contribution is 6.32. The van der Waals surface area contributed by atoms with Crippen molar-refractivity contribution < 1.29 is 28.3 Å². The lowest BCUT2D eigenvalue weighted by Crippen LogP contribution is -2.14. The summed E-state index contributed by atoms with van der Waals surface area (Å²) < 4.78 is 29.3. The van der Waals surface area contributed by atoms with E-state index in [0.717, 1.165) is 6.07 Å². The molecule has 36 heavy (non-hydrogen) atoms. The highest BCUT2D eigenvalue weighted by Crippen LogP contribution is 2.37. The van der Waals surface area contributed by atoms with E-state index in [9.17, 15) is 24.6 Å². The zero-order valence-electron chi connectivity index (χ0n) is 19.1. The van der Waals surface area contributed by atoms with Crippen molar-refractivity contribution in [3.05, 3.63) is 92.3 Å². The number of benzene rings is 3. The number of hydrogen-bond acceptors (Lipinski definition) is 7. The fraction of sp³-hybridized carbons (Fsp3) is 0.120. The van der Waals surface area contributed by atoms with Gasteiger partial charge >= 0.3 is 0 Å². The average Bonchev–Trinajstić information content (AvgIpc) is 2.87. The molecule has 0 saturated carbocycles. The first-order chi connectivity index (χ1) is 17.2. The number of non-ortho nitro benzene ring substituents is 1. The normalized spacial score (nSPS) is 10.8. The van der Waals surface area contributed by atoms with Crippen molar-refractivity contribution in [2.45, 2.75) is 6.61 Å². The lowest BCUT2D eigenvalue weighted by molar-refractivity contribution is -0.384. The lowest BCUT2D eigenvalue weighted by Gasteiger charge is -2.14. The molecule has 184 valence electrons. The monoisotopic (exact) mass is 511 g/mol. The zero-order valence-corrected chi connectivity index (χ0v) is 19.8. The molecule has 0 bridgehead atoms. The summed E-state index contributed by atoms with van der Waals surface area (Å²) >= 11 is 6.37. The number of ether oxygens (including phenoxy) is 3. The number of methoxy groups -OCH3 is 2. The summed E-state index contributed by atoms with van der Waals surface area (Å²) in [6.07, 6.45) is 1.28. The summed E-state index contributed by atoms with van der Waals surface area (Å²) in [5, 5.41) is 23.2. The van der Waals surface area contributed by atoms with Gasteiger partial charge in [-0.2, -0.15) is 5.26 Å². The molecular weight excluding hydrogens is 493 g/mol. The maximum atomic E-state index is 13.1. The van der Waals surface area contributed by atoms with Crippen LogP contribution in [0.2, 0.25) is 5.02 Å². The van der Waals surface area contributed by atoms with Crippen LogP contribution in [0.3, 0.4) is 0 Å². The molecular formula is C25H19ClFN3O6. The first-order valence-electron chi connectivity index (χ1n) is 10.3. The number of nitrogens with one attached hydrogen (secondary N) is 1. The molecule has 3 aromatic rings. The van der Waals surface area contributed by atoms with E-state index in [1.807, 2.05) is 0 Å². The molecule has 9 nitrogen and oxygen atoms in total. The number of hydrogen-bond donors (Lipinski definition) is 1. The van der Waals surface area contributed by atoms with Gasteiger partial charge in [-0.15, -0.1) is 0 Å². The van der Waals surface area contributed by atoms with Crippen molar-refractivity contribution in [2.24, 2.45) is 0 Å². The van der Waals surface area contributed by atoms with Crippen molar-refractivity contribution in [2.75, 3.05) is 19.5 Å². The van der Waals surface area contributed by atoms with Crippen molar-refractivity contribution in [1.29, 1.82) is 5.26 Å². The molecule has 0 unspecified atom stereocenters. The summed E-state index contributed by atoms with van der Waals surface area (Å²) in [5.41, 5.74) is 0.531. The van der Waals surface area contributed by atoms with Gasteiger partial charge in [0.25, 0.3) is 11.6 Å². The first-order valence-corrected chi connectivity index (χ1v) is 10.6. The van der Waals surface area contributed by atoms with Crippen molar-refractivity contribution >= 4 is 35.0 Å². The van der Waals surface area contributed by atoms with E-state index in [2.05, 4.69) is 5.32 Å². The van der Waals surface area contributed by atoms with Crippen LogP contribution in [0.25, 0.3) is 6.08 Å². The second-order valence-corrected chi connectivity index (χ2v) is 7.62. The predicted octanol–water partition coefficient (Wildman–Crippen LogP) is 5.53. The Hall–Kier alpha value is -4.62. The Kier molecular flexibility index (Phi) is 8.43. The van der Waals surface area contributed by atoms with Crippen LogP contribution in [0.15, 0.2) is 60.2 Å². The summed E-state index contributed by atoms with van der Waals surface area (Å²) in [7, 11) is 2.74. The van der Waals surface area contributed by atoms with Gasteiger partial charge in [-0.25, -0.2) is 4.39 Å². The third-order valence-corrected chi connectivity index (χ3v) is 5.15. The van der Waals surface area contributed by atoms with Crippen molar-refractivity contribution in [1.82, 2.24) is 0 Å². The zero-order chi connectivity index (χ0) is 26.2. The van der Waals surface area contributed by atoms with Crippen LogP contribution >= 0.6 is 11.6 Å². The second kappa shape index (κ2) is 11.7. The smallest absolute Gasteiger partial charge is 0.271 e. The van der Waals surface area contributed by atoms with E-state index in [0.29, 0.717) is 11.1 Å². The molecule has 1 N–H and O–H groups in total. The van der Waals surface area contributed by atoms with Crippen LogP contribution in [0, 0.1) is 27.3 Å². The van der Waals surface area contributed by atoms with Gasteiger partial charge in [0.15, 0.2) is 11.5 Å². The number of nitrogens with zero attached hydrogens (tertiary/aromatic N) is 2. The van der Waals surface area contributed by atoms with Crippen LogP contribution in [0.4, 0.5) is 15.8 Å². The topological polar surface area (TPSA) is 124 Å². The highest BCUT2D eigenvalue weighted by Gasteiger charge is 2.18. The Labute approximate surface area is 210 Å². The largest absolute Gasteiger partial charge is 0.495 e. The number of nitro groups is 1. The van der Waals surface area contributed by atoms with Gasteiger partial charge in [0.2, 0.25) is 0 Å². The standard InChI is InChI=1S/C25H19ClFN3O6/c1-34-22-8-7-19(30(32)33)12-21(22)29-25(31)17(13-28)9-16-10-20(26)24(23(11-16)35-2)36-14-15-3-5-18(27)6-4-15/h3-12H,14H2,1-2H3,(H,29,31)/b17-9+. The number of anilines is 1. The van der Waals surface area contributed by atoms with Gasteiger partial charge in [-0.1, -0.05) is 23.7 Å². The third-order valence-electron chi connectivity index (χ3n) is 4.87. The minimum atomic E-state index is -0.817. The van der Waals surface area contributed by atoms with Gasteiger partial charge in [-0.05, 0) is 47.5 Å². The highest BCUT2D eigenvalue weighted by atomic mass is 35.5. The van der Waals surface area contributed by atoms with Crippen molar-refractivity contribution in [3.8, 4) is 23.3 Å². The maximum absolute atomic E-state index is 13.1. The van der Waals surface area contributed by atoms with Gasteiger partial charge in [0, 0.05) is 12.1 Å². The number of nitriles is 1. The first kappa shape index (κ1) is 26.0. The average molecular weight is 512 g/mol. The lowest BCUT2D eigenvalue weighted by atomic mass is 10.1. The quantitative estimate of drug-likeness (QED) is 0.173. The fourth-order valence-corrected chi connectivity index (χ4v) is 3.39. The van der Waals surface area contributed by atoms with E-state index in [1.54, 1.807) is 18.2 Å². The summed E-state index contributed by atoms with van der Waals surface area (Å²) in [6.45, 7) is 0.0996. The molecule has 0 saturated heterocycles.